The van der Waals surface area contributed by atoms with E-state index < -0.39 is 17.9 Å². The van der Waals surface area contributed by atoms with Gasteiger partial charge in [-0.15, -0.1) is 21.5 Å². The van der Waals surface area contributed by atoms with Crippen molar-refractivity contribution in [2.24, 2.45) is 5.92 Å². The minimum absolute atomic E-state index is 0.00643. The summed E-state index contributed by atoms with van der Waals surface area (Å²) in [6.45, 7) is 3.44. The number of aliphatic carboxylic acids is 1. The van der Waals surface area contributed by atoms with E-state index >= 15 is 0 Å². The summed E-state index contributed by atoms with van der Waals surface area (Å²) in [5, 5.41) is 23.0. The highest BCUT2D eigenvalue weighted by atomic mass is 32.2. The van der Waals surface area contributed by atoms with Crippen molar-refractivity contribution < 1.29 is 14.7 Å². The Balaban J connectivity index is 1.50. The van der Waals surface area contributed by atoms with Crippen LogP contribution in [0.25, 0.3) is 15.9 Å². The smallest absolute Gasteiger partial charge is 0.231 e. The van der Waals surface area contributed by atoms with E-state index in [-0.39, 0.29) is 11.7 Å². The van der Waals surface area contributed by atoms with Gasteiger partial charge in [0.05, 0.1) is 33.7 Å². The molecular formula is C23H22N5O3S3-. The summed E-state index contributed by atoms with van der Waals surface area (Å²) in [6.07, 6.45) is 0. The van der Waals surface area contributed by atoms with E-state index in [1.807, 2.05) is 59.2 Å². The molecule has 0 fully saturated rings. The molecule has 2 aromatic carbocycles. The summed E-state index contributed by atoms with van der Waals surface area (Å²) in [7, 11) is 0. The normalized spacial score (nSPS) is 12.2. The predicted octanol–water partition coefficient (Wildman–Crippen LogP) is 3.15. The molecule has 4 rings (SSSR count). The molecule has 0 aliphatic heterocycles. The average molecular weight is 513 g/mol. The second-order valence-corrected chi connectivity index (χ2v) is 10.9. The van der Waals surface area contributed by atoms with Gasteiger partial charge in [0.2, 0.25) is 5.91 Å². The fourth-order valence-electron chi connectivity index (χ4n) is 3.21. The Morgan fingerprint density at radius 3 is 2.50 bits per heavy atom. The molecule has 176 valence electrons. The van der Waals surface area contributed by atoms with Crippen molar-refractivity contribution in [3.05, 3.63) is 60.4 Å². The lowest BCUT2D eigenvalue weighted by atomic mass is 10.1. The van der Waals surface area contributed by atoms with Crippen LogP contribution in [-0.2, 0) is 15.3 Å². The monoisotopic (exact) mass is 512 g/mol. The van der Waals surface area contributed by atoms with Gasteiger partial charge in [-0.05, 0) is 30.2 Å². The number of carbonyl (C=O) groups excluding carboxylic acids is 2. The lowest BCUT2D eigenvalue weighted by Crippen LogP contribution is -2.51. The molecule has 11 heteroatoms. The first-order valence-electron chi connectivity index (χ1n) is 10.5. The van der Waals surface area contributed by atoms with Crippen molar-refractivity contribution in [2.75, 3.05) is 5.75 Å². The highest BCUT2D eigenvalue weighted by Crippen LogP contribution is 2.32. The molecule has 0 saturated carbocycles. The second-order valence-electron chi connectivity index (χ2n) is 7.70. The first-order chi connectivity index (χ1) is 16.4. The zero-order chi connectivity index (χ0) is 24.1. The number of rotatable bonds is 10. The highest BCUT2D eigenvalue weighted by molar-refractivity contribution is 8.00. The Labute approximate surface area is 209 Å². The quantitative estimate of drug-likeness (QED) is 0.323. The molecule has 0 radical (unpaired) electrons. The number of benzene rings is 2. The van der Waals surface area contributed by atoms with Gasteiger partial charge in [0.25, 0.3) is 0 Å². The van der Waals surface area contributed by atoms with Crippen LogP contribution in [0.3, 0.4) is 0 Å². The number of fused-ring (bicyclic) bond motifs is 1. The van der Waals surface area contributed by atoms with Crippen molar-refractivity contribution >= 4 is 57.0 Å². The molecule has 1 amide bonds. The lowest BCUT2D eigenvalue weighted by molar-refractivity contribution is -0.309. The van der Waals surface area contributed by atoms with E-state index in [9.17, 15) is 14.7 Å². The molecule has 0 spiro atoms. The summed E-state index contributed by atoms with van der Waals surface area (Å²) in [4.78, 5) is 28.3. The third-order valence-corrected chi connectivity index (χ3v) is 7.99. The number of para-hydroxylation sites is 2. The Hall–Kier alpha value is -2.89. The average Bonchev–Trinajstić information content (AvgIpc) is 3.43. The number of hydrogen-bond acceptors (Lipinski definition) is 9. The zero-order valence-corrected chi connectivity index (χ0v) is 21.0. The number of carboxylic acid groups (broad SMARTS) is 1. The number of carbonyl (C=O) groups is 2. The van der Waals surface area contributed by atoms with Gasteiger partial charge in [0, 0.05) is 5.69 Å². The fraction of sp³-hybridized carbons (Fsp3) is 0.261. The van der Waals surface area contributed by atoms with E-state index in [4.69, 9.17) is 0 Å². The number of thioether (sulfide) groups is 2. The zero-order valence-electron chi connectivity index (χ0n) is 18.5. The maximum Gasteiger partial charge on any atom is 0.231 e. The lowest BCUT2D eigenvalue weighted by Gasteiger charge is -2.23. The Morgan fingerprint density at radius 2 is 1.79 bits per heavy atom. The van der Waals surface area contributed by atoms with Gasteiger partial charge in [-0.3, -0.25) is 9.36 Å². The molecule has 0 aliphatic rings. The van der Waals surface area contributed by atoms with Crippen LogP contribution in [-0.4, -0.2) is 43.4 Å². The SMILES string of the molecule is CC(C)[C@@H](NC(=O)CSc1nnc(CSc2nc3ccccc3s2)n1-c1ccccc1)C(=O)[O-]. The number of amides is 1. The van der Waals surface area contributed by atoms with Crippen molar-refractivity contribution in [1.29, 1.82) is 0 Å². The van der Waals surface area contributed by atoms with Crippen molar-refractivity contribution in [3.63, 3.8) is 0 Å². The molecule has 4 aromatic rings. The van der Waals surface area contributed by atoms with E-state index in [1.165, 1.54) is 11.8 Å². The van der Waals surface area contributed by atoms with E-state index in [0.29, 0.717) is 10.9 Å². The topological polar surface area (TPSA) is 113 Å². The minimum atomic E-state index is -1.30. The van der Waals surface area contributed by atoms with Crippen LogP contribution in [0.2, 0.25) is 0 Å². The number of nitrogens with one attached hydrogen (secondary N) is 1. The second kappa shape index (κ2) is 11.0. The standard InChI is InChI=1S/C23H23N5O3S3/c1-14(2)20(21(30)31)25-19(29)13-32-22-27-26-18(28(22)15-8-4-3-5-9-15)12-33-23-24-16-10-6-7-11-17(16)34-23/h3-11,14,20H,12-13H2,1-2H3,(H,25,29)(H,30,31)/p-1/t20-/m1/s1. The Bertz CT molecular complexity index is 1260. The third kappa shape index (κ3) is 5.78. The minimum Gasteiger partial charge on any atom is -0.548 e. The van der Waals surface area contributed by atoms with Crippen LogP contribution in [0.5, 0.6) is 0 Å². The first-order valence-corrected chi connectivity index (χ1v) is 13.3. The maximum absolute atomic E-state index is 12.4. The van der Waals surface area contributed by atoms with E-state index in [0.717, 1.165) is 26.1 Å². The summed E-state index contributed by atoms with van der Waals surface area (Å²) in [5.74, 6) is -0.691. The van der Waals surface area contributed by atoms with Gasteiger partial charge in [-0.2, -0.15) is 0 Å². The maximum atomic E-state index is 12.4. The van der Waals surface area contributed by atoms with E-state index in [2.05, 4.69) is 20.5 Å². The van der Waals surface area contributed by atoms with Crippen LogP contribution in [0, 0.1) is 5.92 Å². The van der Waals surface area contributed by atoms with Crippen molar-refractivity contribution in [2.45, 2.75) is 35.1 Å². The molecule has 2 aromatic heterocycles. The molecule has 34 heavy (non-hydrogen) atoms. The van der Waals surface area contributed by atoms with Crippen molar-refractivity contribution in [1.82, 2.24) is 25.1 Å². The van der Waals surface area contributed by atoms with Gasteiger partial charge >= 0.3 is 0 Å². The summed E-state index contributed by atoms with van der Waals surface area (Å²) in [6, 6.07) is 16.6. The Morgan fingerprint density at radius 1 is 1.06 bits per heavy atom. The molecule has 0 unspecified atom stereocenters. The summed E-state index contributed by atoms with van der Waals surface area (Å²) >= 11 is 4.42. The highest BCUT2D eigenvalue weighted by Gasteiger charge is 2.20. The predicted molar refractivity (Wildman–Crippen MR) is 133 cm³/mol. The van der Waals surface area contributed by atoms with Crippen LogP contribution >= 0.6 is 34.9 Å². The van der Waals surface area contributed by atoms with Gasteiger partial charge in [-0.25, -0.2) is 4.98 Å². The summed E-state index contributed by atoms with van der Waals surface area (Å²) < 4.78 is 3.99. The molecular weight excluding hydrogens is 490 g/mol. The molecule has 8 nitrogen and oxygen atoms in total. The largest absolute Gasteiger partial charge is 0.548 e. The van der Waals surface area contributed by atoms with E-state index in [1.54, 1.807) is 36.9 Å². The Kier molecular flexibility index (Phi) is 7.86. The van der Waals surface area contributed by atoms with Gasteiger partial charge in [0.1, 0.15) is 5.82 Å². The first kappa shape index (κ1) is 24.2. The van der Waals surface area contributed by atoms with Crippen molar-refractivity contribution in [3.8, 4) is 5.69 Å². The molecule has 1 N–H and O–H groups in total. The van der Waals surface area contributed by atoms with Gasteiger partial charge in [-0.1, -0.05) is 67.7 Å². The van der Waals surface area contributed by atoms with Crippen LogP contribution in [0.15, 0.2) is 64.1 Å². The number of aromatic nitrogens is 4. The third-order valence-electron chi connectivity index (χ3n) is 4.88. The number of hydrogen-bond donors (Lipinski definition) is 1. The molecule has 0 saturated heterocycles. The van der Waals surface area contributed by atoms with Gasteiger partial charge < -0.3 is 15.2 Å². The molecule has 2 heterocycles. The number of carboxylic acids is 1. The molecule has 0 aliphatic carbocycles. The van der Waals surface area contributed by atoms with Crippen LogP contribution in [0.4, 0.5) is 0 Å². The van der Waals surface area contributed by atoms with Crippen LogP contribution in [0.1, 0.15) is 19.7 Å². The summed E-state index contributed by atoms with van der Waals surface area (Å²) in [5.41, 5.74) is 1.85. The number of nitrogens with zero attached hydrogens (tertiary/aromatic N) is 4. The fourth-order valence-corrected chi connectivity index (χ4v) is 5.97. The molecule has 0 bridgehead atoms. The van der Waals surface area contributed by atoms with Gasteiger partial charge in [0.15, 0.2) is 9.50 Å². The number of thiazole rings is 1. The molecule has 1 atom stereocenters. The van der Waals surface area contributed by atoms with Crippen LogP contribution < -0.4 is 10.4 Å².